The number of nitrogens with zero attached hydrogens (tertiary/aromatic N) is 3. The van der Waals surface area contributed by atoms with Gasteiger partial charge in [-0.1, -0.05) is 0 Å². The predicted molar refractivity (Wildman–Crippen MR) is 81.4 cm³/mol. The van der Waals surface area contributed by atoms with Crippen LogP contribution in [0.3, 0.4) is 0 Å². The maximum absolute atomic E-state index is 6.21. The third kappa shape index (κ3) is 3.13. The molecule has 0 radical (unpaired) electrons. The highest BCUT2D eigenvalue weighted by Gasteiger charge is 2.42. The van der Waals surface area contributed by atoms with E-state index in [1.807, 2.05) is 0 Å². The van der Waals surface area contributed by atoms with Gasteiger partial charge in [-0.15, -0.1) is 0 Å². The van der Waals surface area contributed by atoms with Crippen molar-refractivity contribution in [2.75, 3.05) is 46.3 Å². The first-order chi connectivity index (χ1) is 8.98. The minimum Gasteiger partial charge on any atom is -0.329 e. The molecule has 0 aliphatic carbocycles. The fourth-order valence-electron chi connectivity index (χ4n) is 3.91. The lowest BCUT2D eigenvalue weighted by atomic mass is 9.83. The third-order valence-electron chi connectivity index (χ3n) is 5.28. The molecule has 1 unspecified atom stereocenters. The summed E-state index contributed by atoms with van der Waals surface area (Å²) >= 11 is 0. The van der Waals surface area contributed by atoms with E-state index in [1.165, 1.54) is 45.6 Å². The van der Waals surface area contributed by atoms with E-state index in [4.69, 9.17) is 5.73 Å². The summed E-state index contributed by atoms with van der Waals surface area (Å²) in [6.45, 7) is 13.7. The normalized spacial score (nSPS) is 30.9. The summed E-state index contributed by atoms with van der Waals surface area (Å²) in [5.74, 6) is 0. The van der Waals surface area contributed by atoms with Gasteiger partial charge in [0.25, 0.3) is 0 Å². The lowest BCUT2D eigenvalue weighted by Gasteiger charge is -2.54. The molecule has 0 bridgehead atoms. The summed E-state index contributed by atoms with van der Waals surface area (Å²) in [6, 6.07) is 1.30. The summed E-state index contributed by atoms with van der Waals surface area (Å²) < 4.78 is 0. The van der Waals surface area contributed by atoms with Gasteiger partial charge in [0.1, 0.15) is 0 Å². The smallest absolute Gasteiger partial charge is 0.0359 e. The van der Waals surface area contributed by atoms with Crippen molar-refractivity contribution in [3.8, 4) is 0 Å². The highest BCUT2D eigenvalue weighted by Crippen LogP contribution is 2.31. The first-order valence-corrected chi connectivity index (χ1v) is 7.88. The van der Waals surface area contributed by atoms with E-state index in [1.54, 1.807) is 0 Å². The van der Waals surface area contributed by atoms with Crippen LogP contribution in [0.2, 0.25) is 0 Å². The number of hydrogen-bond donors (Lipinski definition) is 1. The highest BCUT2D eigenvalue weighted by molar-refractivity contribution is 5.00. The van der Waals surface area contributed by atoms with Crippen molar-refractivity contribution in [1.29, 1.82) is 0 Å². The van der Waals surface area contributed by atoms with Crippen LogP contribution in [-0.4, -0.2) is 78.6 Å². The van der Waals surface area contributed by atoms with Crippen molar-refractivity contribution in [2.24, 2.45) is 5.73 Å². The molecule has 0 aromatic heterocycles. The van der Waals surface area contributed by atoms with Crippen LogP contribution in [0, 0.1) is 0 Å². The molecule has 112 valence electrons. The zero-order valence-electron chi connectivity index (χ0n) is 13.2. The lowest BCUT2D eigenvalue weighted by molar-refractivity contribution is -0.0360. The Labute approximate surface area is 118 Å². The van der Waals surface area contributed by atoms with Crippen molar-refractivity contribution in [2.45, 2.75) is 51.2 Å². The van der Waals surface area contributed by atoms with E-state index in [2.05, 4.69) is 42.5 Å². The number of hydrogen-bond acceptors (Lipinski definition) is 4. The van der Waals surface area contributed by atoms with Crippen molar-refractivity contribution in [3.05, 3.63) is 0 Å². The van der Waals surface area contributed by atoms with Crippen LogP contribution in [0.25, 0.3) is 0 Å². The zero-order valence-corrected chi connectivity index (χ0v) is 13.2. The monoisotopic (exact) mass is 268 g/mol. The summed E-state index contributed by atoms with van der Waals surface area (Å²) in [4.78, 5) is 7.74. The van der Waals surface area contributed by atoms with Crippen molar-refractivity contribution < 1.29 is 0 Å². The molecule has 2 aliphatic heterocycles. The minimum atomic E-state index is 0.256. The molecular formula is C15H32N4. The average Bonchev–Trinajstić information content (AvgIpc) is 2.38. The molecule has 2 N–H and O–H groups in total. The number of piperidine rings is 1. The van der Waals surface area contributed by atoms with E-state index in [0.717, 1.165) is 6.54 Å². The molecular weight excluding hydrogens is 236 g/mol. The van der Waals surface area contributed by atoms with Gasteiger partial charge < -0.3 is 15.5 Å². The second-order valence-corrected chi connectivity index (χ2v) is 6.86. The SMILES string of the molecule is CC(C)N1CCC(CN)(N2CCN(C)CC2C)CC1. The molecule has 0 amide bonds. The van der Waals surface area contributed by atoms with Crippen LogP contribution in [0.15, 0.2) is 0 Å². The summed E-state index contributed by atoms with van der Waals surface area (Å²) in [7, 11) is 2.23. The molecule has 4 heteroatoms. The van der Waals surface area contributed by atoms with E-state index < -0.39 is 0 Å². The number of nitrogens with two attached hydrogens (primary N) is 1. The minimum absolute atomic E-state index is 0.256. The molecule has 0 spiro atoms. The van der Waals surface area contributed by atoms with Crippen molar-refractivity contribution >= 4 is 0 Å². The number of likely N-dealkylation sites (N-methyl/N-ethyl adjacent to an activating group) is 1. The van der Waals surface area contributed by atoms with Gasteiger partial charge in [0.05, 0.1) is 0 Å². The largest absolute Gasteiger partial charge is 0.329 e. The molecule has 0 aromatic rings. The number of rotatable bonds is 3. The highest BCUT2D eigenvalue weighted by atomic mass is 15.3. The topological polar surface area (TPSA) is 35.7 Å². The second kappa shape index (κ2) is 6.08. The first-order valence-electron chi connectivity index (χ1n) is 7.88. The van der Waals surface area contributed by atoms with Gasteiger partial charge in [-0.05, 0) is 40.7 Å². The van der Waals surface area contributed by atoms with E-state index in [0.29, 0.717) is 12.1 Å². The Kier molecular flexibility index (Phi) is 4.88. The fraction of sp³-hybridized carbons (Fsp3) is 1.00. The second-order valence-electron chi connectivity index (χ2n) is 6.86. The van der Waals surface area contributed by atoms with Gasteiger partial charge in [-0.25, -0.2) is 0 Å². The van der Waals surface area contributed by atoms with Crippen molar-refractivity contribution in [3.63, 3.8) is 0 Å². The maximum Gasteiger partial charge on any atom is 0.0359 e. The summed E-state index contributed by atoms with van der Waals surface area (Å²) in [5, 5.41) is 0. The quantitative estimate of drug-likeness (QED) is 0.822. The van der Waals surface area contributed by atoms with Crippen LogP contribution in [-0.2, 0) is 0 Å². The summed E-state index contributed by atoms with van der Waals surface area (Å²) in [6.07, 6.45) is 2.46. The van der Waals surface area contributed by atoms with Crippen LogP contribution in [0.4, 0.5) is 0 Å². The lowest BCUT2D eigenvalue weighted by Crippen LogP contribution is -2.66. The van der Waals surface area contributed by atoms with E-state index >= 15 is 0 Å². The molecule has 2 fully saturated rings. The van der Waals surface area contributed by atoms with Gasteiger partial charge in [0.15, 0.2) is 0 Å². The van der Waals surface area contributed by atoms with E-state index in [9.17, 15) is 0 Å². The van der Waals surface area contributed by atoms with Crippen molar-refractivity contribution in [1.82, 2.24) is 14.7 Å². The van der Waals surface area contributed by atoms with Gasteiger partial charge in [-0.2, -0.15) is 0 Å². The zero-order chi connectivity index (χ0) is 14.0. The fourth-order valence-corrected chi connectivity index (χ4v) is 3.91. The van der Waals surface area contributed by atoms with Gasteiger partial charge in [-0.3, -0.25) is 4.90 Å². The average molecular weight is 268 g/mol. The molecule has 2 saturated heterocycles. The number of piperazine rings is 1. The van der Waals surface area contributed by atoms with Crippen LogP contribution in [0.5, 0.6) is 0 Å². The van der Waals surface area contributed by atoms with Gasteiger partial charge >= 0.3 is 0 Å². The molecule has 4 nitrogen and oxygen atoms in total. The number of likely N-dealkylation sites (tertiary alicyclic amines) is 1. The Balaban J connectivity index is 2.03. The molecule has 1 atom stereocenters. The first kappa shape index (κ1) is 15.2. The molecule has 2 heterocycles. The molecule has 19 heavy (non-hydrogen) atoms. The van der Waals surface area contributed by atoms with E-state index in [-0.39, 0.29) is 5.54 Å². The van der Waals surface area contributed by atoms with Crippen LogP contribution in [0.1, 0.15) is 33.6 Å². The van der Waals surface area contributed by atoms with Gasteiger partial charge in [0.2, 0.25) is 0 Å². The Morgan fingerprint density at radius 3 is 2.26 bits per heavy atom. The Hall–Kier alpha value is -0.160. The van der Waals surface area contributed by atoms with Gasteiger partial charge in [0, 0.05) is 56.9 Å². The molecule has 0 aromatic carbocycles. The predicted octanol–water partition coefficient (Wildman–Crippen LogP) is 0.824. The van der Waals surface area contributed by atoms with Crippen LogP contribution >= 0.6 is 0 Å². The Morgan fingerprint density at radius 2 is 1.79 bits per heavy atom. The molecule has 0 saturated carbocycles. The van der Waals surface area contributed by atoms with Crippen LogP contribution < -0.4 is 5.73 Å². The Morgan fingerprint density at radius 1 is 1.16 bits per heavy atom. The molecule has 2 rings (SSSR count). The third-order valence-corrected chi connectivity index (χ3v) is 5.28. The molecule has 2 aliphatic rings. The Bertz CT molecular complexity index is 284. The maximum atomic E-state index is 6.21. The summed E-state index contributed by atoms with van der Waals surface area (Å²) in [5.41, 5.74) is 6.47. The standard InChI is InChI=1S/C15H32N4/c1-13(2)18-7-5-15(12-16,6-8-18)19-10-9-17(4)11-14(19)3/h13-14H,5-12,16H2,1-4H3.